The highest BCUT2D eigenvalue weighted by Crippen LogP contribution is 2.28. The molecular formula is C18H16Cl2N4O5. The van der Waals surface area contributed by atoms with Crippen molar-refractivity contribution in [1.29, 1.82) is 0 Å². The van der Waals surface area contributed by atoms with Crippen molar-refractivity contribution in [2.24, 2.45) is 0 Å². The molecule has 0 aliphatic carbocycles. The van der Waals surface area contributed by atoms with Crippen LogP contribution in [0.1, 0.15) is 22.0 Å². The van der Waals surface area contributed by atoms with Gasteiger partial charge in [-0.3, -0.25) is 4.79 Å². The molecule has 0 saturated carbocycles. The van der Waals surface area contributed by atoms with Crippen LogP contribution in [0.5, 0.6) is 5.75 Å². The maximum atomic E-state index is 12.2. The van der Waals surface area contributed by atoms with E-state index in [1.165, 1.54) is 16.8 Å². The molecule has 9 nitrogen and oxygen atoms in total. The highest BCUT2D eigenvalue weighted by atomic mass is 35.5. The number of carbonyl (C=O) groups is 1. The van der Waals surface area contributed by atoms with E-state index in [0.717, 1.165) is 0 Å². The maximum Gasteiger partial charge on any atom is 0.390 e. The number of nitrogens with one attached hydrogen (secondary N) is 1. The first kappa shape index (κ1) is 20.7. The predicted octanol–water partition coefficient (Wildman–Crippen LogP) is 4.01. The molecule has 0 spiro atoms. The Kier molecular flexibility index (Phi) is 6.40. The lowest BCUT2D eigenvalue weighted by Crippen LogP contribution is -2.27. The lowest BCUT2D eigenvalue weighted by atomic mass is 10.3. The van der Waals surface area contributed by atoms with Crippen LogP contribution in [-0.2, 0) is 13.2 Å². The van der Waals surface area contributed by atoms with E-state index in [4.69, 9.17) is 32.4 Å². The van der Waals surface area contributed by atoms with E-state index >= 15 is 0 Å². The summed E-state index contributed by atoms with van der Waals surface area (Å²) in [4.78, 5) is 22.4. The van der Waals surface area contributed by atoms with Crippen molar-refractivity contribution in [2.75, 3.05) is 6.54 Å². The molecule has 0 saturated heterocycles. The number of hydrogen-bond acceptors (Lipinski definition) is 6. The van der Waals surface area contributed by atoms with Gasteiger partial charge in [0.2, 0.25) is 0 Å². The summed E-state index contributed by atoms with van der Waals surface area (Å²) in [6, 6.07) is 9.38. The van der Waals surface area contributed by atoms with E-state index < -0.39 is 10.8 Å². The SMILES string of the molecule is Cc1cc([N+](=O)[O-])nn1CCNC(=O)c1ccc(COc2ccc(Cl)cc2Cl)o1. The summed E-state index contributed by atoms with van der Waals surface area (Å²) in [6.45, 7) is 2.31. The first-order valence-corrected chi connectivity index (χ1v) is 9.22. The Morgan fingerprint density at radius 2 is 2.10 bits per heavy atom. The van der Waals surface area contributed by atoms with Crippen LogP contribution in [0.3, 0.4) is 0 Å². The number of aromatic nitrogens is 2. The Morgan fingerprint density at radius 1 is 1.31 bits per heavy atom. The minimum absolute atomic E-state index is 0.0881. The first-order valence-electron chi connectivity index (χ1n) is 8.47. The fraction of sp³-hybridized carbons (Fsp3) is 0.222. The Balaban J connectivity index is 1.50. The number of benzene rings is 1. The maximum absolute atomic E-state index is 12.2. The molecular weight excluding hydrogens is 423 g/mol. The molecule has 1 N–H and O–H groups in total. The highest BCUT2D eigenvalue weighted by molar-refractivity contribution is 6.35. The average Bonchev–Trinajstić information content (AvgIpc) is 3.28. The Hall–Kier alpha value is -3.04. The molecule has 29 heavy (non-hydrogen) atoms. The van der Waals surface area contributed by atoms with E-state index in [2.05, 4.69) is 10.4 Å². The highest BCUT2D eigenvalue weighted by Gasteiger charge is 2.16. The molecule has 0 aliphatic heterocycles. The van der Waals surface area contributed by atoms with Crippen LogP contribution >= 0.6 is 23.2 Å². The van der Waals surface area contributed by atoms with E-state index in [1.807, 2.05) is 0 Å². The third-order valence-corrected chi connectivity index (χ3v) is 4.44. The normalized spacial score (nSPS) is 10.7. The van der Waals surface area contributed by atoms with Crippen LogP contribution in [0, 0.1) is 17.0 Å². The van der Waals surface area contributed by atoms with Crippen molar-refractivity contribution < 1.29 is 18.9 Å². The molecule has 1 aromatic carbocycles. The van der Waals surface area contributed by atoms with Crippen molar-refractivity contribution in [1.82, 2.24) is 15.1 Å². The van der Waals surface area contributed by atoms with Crippen molar-refractivity contribution >= 4 is 34.9 Å². The second-order valence-corrected chi connectivity index (χ2v) is 6.85. The molecule has 0 radical (unpaired) electrons. The molecule has 1 amide bonds. The van der Waals surface area contributed by atoms with Crippen LogP contribution < -0.4 is 10.1 Å². The van der Waals surface area contributed by atoms with Gasteiger partial charge in [-0.25, -0.2) is 0 Å². The monoisotopic (exact) mass is 438 g/mol. The molecule has 152 valence electrons. The zero-order valence-corrected chi connectivity index (χ0v) is 16.7. The van der Waals surface area contributed by atoms with E-state index in [9.17, 15) is 14.9 Å². The molecule has 0 fully saturated rings. The lowest BCUT2D eigenvalue weighted by Gasteiger charge is -2.06. The Bertz CT molecular complexity index is 1050. The van der Waals surface area contributed by atoms with Gasteiger partial charge in [0, 0.05) is 11.6 Å². The average molecular weight is 439 g/mol. The van der Waals surface area contributed by atoms with Gasteiger partial charge in [-0.2, -0.15) is 4.68 Å². The van der Waals surface area contributed by atoms with Crippen LogP contribution in [0.15, 0.2) is 40.8 Å². The van der Waals surface area contributed by atoms with Gasteiger partial charge in [-0.1, -0.05) is 23.2 Å². The Labute approximate surface area is 175 Å². The molecule has 2 aromatic heterocycles. The summed E-state index contributed by atoms with van der Waals surface area (Å²) in [5.41, 5.74) is 0.629. The number of furan rings is 1. The number of ether oxygens (including phenoxy) is 1. The molecule has 0 bridgehead atoms. The zero-order valence-electron chi connectivity index (χ0n) is 15.2. The number of amides is 1. The fourth-order valence-electron chi connectivity index (χ4n) is 2.49. The van der Waals surface area contributed by atoms with Gasteiger partial charge in [0.05, 0.1) is 28.4 Å². The third kappa shape index (κ3) is 5.27. The van der Waals surface area contributed by atoms with E-state index in [0.29, 0.717) is 27.2 Å². The molecule has 3 rings (SSSR count). The van der Waals surface area contributed by atoms with Gasteiger partial charge in [-0.15, -0.1) is 0 Å². The molecule has 0 atom stereocenters. The Morgan fingerprint density at radius 3 is 2.79 bits per heavy atom. The number of nitro groups is 1. The minimum Gasteiger partial charge on any atom is -0.484 e. The summed E-state index contributed by atoms with van der Waals surface area (Å²) >= 11 is 11.9. The van der Waals surface area contributed by atoms with Gasteiger partial charge in [0.25, 0.3) is 5.91 Å². The zero-order chi connectivity index (χ0) is 21.0. The second-order valence-electron chi connectivity index (χ2n) is 6.01. The standard InChI is InChI=1S/C18H16Cl2N4O5/c1-11-8-17(24(26)27)22-23(11)7-6-21-18(25)16-5-3-13(29-16)10-28-15-4-2-12(19)9-14(15)20/h2-5,8-9H,6-7,10H2,1H3,(H,21,25). The largest absolute Gasteiger partial charge is 0.484 e. The van der Waals surface area contributed by atoms with Crippen molar-refractivity contribution in [3.05, 3.63) is 73.8 Å². The van der Waals surface area contributed by atoms with Gasteiger partial charge >= 0.3 is 5.82 Å². The molecule has 3 aromatic rings. The van der Waals surface area contributed by atoms with Gasteiger partial charge in [0.1, 0.15) is 18.1 Å². The number of halogens is 2. The van der Waals surface area contributed by atoms with Crippen molar-refractivity contribution in [3.63, 3.8) is 0 Å². The van der Waals surface area contributed by atoms with Gasteiger partial charge in [-0.05, 0) is 42.2 Å². The topological polar surface area (TPSA) is 112 Å². The van der Waals surface area contributed by atoms with Gasteiger partial charge < -0.3 is 24.6 Å². The summed E-state index contributed by atoms with van der Waals surface area (Å²) < 4.78 is 12.5. The number of carbonyl (C=O) groups excluding carboxylic acids is 1. The van der Waals surface area contributed by atoms with Gasteiger partial charge in [0.15, 0.2) is 5.76 Å². The predicted molar refractivity (Wildman–Crippen MR) is 105 cm³/mol. The quantitative estimate of drug-likeness (QED) is 0.419. The summed E-state index contributed by atoms with van der Waals surface area (Å²) in [5.74, 6) is 0.362. The fourth-order valence-corrected chi connectivity index (χ4v) is 2.95. The summed E-state index contributed by atoms with van der Waals surface area (Å²) in [6.07, 6.45) is 0. The van der Waals surface area contributed by atoms with Crippen LogP contribution in [-0.4, -0.2) is 27.2 Å². The molecule has 0 aliphatic rings. The van der Waals surface area contributed by atoms with Crippen LogP contribution in [0.25, 0.3) is 0 Å². The first-order chi connectivity index (χ1) is 13.8. The number of rotatable bonds is 8. The van der Waals surface area contributed by atoms with Crippen LogP contribution in [0.4, 0.5) is 5.82 Å². The molecule has 11 heteroatoms. The smallest absolute Gasteiger partial charge is 0.390 e. The minimum atomic E-state index is -0.564. The van der Waals surface area contributed by atoms with Crippen molar-refractivity contribution in [2.45, 2.75) is 20.1 Å². The molecule has 0 unspecified atom stereocenters. The third-order valence-electron chi connectivity index (χ3n) is 3.91. The summed E-state index contributed by atoms with van der Waals surface area (Å²) in [7, 11) is 0. The van der Waals surface area contributed by atoms with Crippen LogP contribution in [0.2, 0.25) is 10.0 Å². The number of hydrogen-bond donors (Lipinski definition) is 1. The number of nitrogens with zero attached hydrogens (tertiary/aromatic N) is 3. The van der Waals surface area contributed by atoms with E-state index in [-0.39, 0.29) is 31.3 Å². The number of aryl methyl sites for hydroxylation is 1. The van der Waals surface area contributed by atoms with E-state index in [1.54, 1.807) is 31.2 Å². The summed E-state index contributed by atoms with van der Waals surface area (Å²) in [5, 5.41) is 18.1. The lowest BCUT2D eigenvalue weighted by molar-refractivity contribution is -0.389. The molecule has 2 heterocycles. The second kappa shape index (κ2) is 8.97. The van der Waals surface area contributed by atoms with Crippen molar-refractivity contribution in [3.8, 4) is 5.75 Å².